The molecule has 8 nitrogen and oxygen atoms in total. The molecule has 35 heavy (non-hydrogen) atoms. The molecule has 1 aromatic heterocycles. The molecule has 0 bridgehead atoms. The molecular formula is C25H24Cl2N4O4. The highest BCUT2D eigenvalue weighted by molar-refractivity contribution is 6.44. The van der Waals surface area contributed by atoms with E-state index >= 15 is 0 Å². The number of nitrogens with zero attached hydrogens (tertiary/aromatic N) is 1. The molecule has 4 N–H and O–H groups in total. The zero-order chi connectivity index (χ0) is 25.8. The summed E-state index contributed by atoms with van der Waals surface area (Å²) in [6, 6.07) is 13.7. The second-order valence-electron chi connectivity index (χ2n) is 8.80. The Labute approximate surface area is 212 Å². The Balaban J connectivity index is 1.64. The van der Waals surface area contributed by atoms with Crippen LogP contribution < -0.4 is 16.0 Å². The van der Waals surface area contributed by atoms with Gasteiger partial charge >= 0.3 is 12.0 Å². The molecular weight excluding hydrogens is 491 g/mol. The summed E-state index contributed by atoms with van der Waals surface area (Å²) in [5.41, 5.74) is 1.95. The van der Waals surface area contributed by atoms with Gasteiger partial charge in [-0.2, -0.15) is 0 Å². The number of pyridine rings is 1. The highest BCUT2D eigenvalue weighted by Gasteiger charge is 2.33. The number of amides is 3. The van der Waals surface area contributed by atoms with Crippen molar-refractivity contribution >= 4 is 52.5 Å². The summed E-state index contributed by atoms with van der Waals surface area (Å²) in [6.07, 6.45) is 1.53. The Hall–Kier alpha value is -3.62. The van der Waals surface area contributed by atoms with Crippen LogP contribution in [0.15, 0.2) is 60.8 Å². The van der Waals surface area contributed by atoms with Gasteiger partial charge in [-0.15, -0.1) is 0 Å². The van der Waals surface area contributed by atoms with Gasteiger partial charge in [-0.1, -0.05) is 68.2 Å². The van der Waals surface area contributed by atoms with Crippen molar-refractivity contribution in [2.45, 2.75) is 26.8 Å². The summed E-state index contributed by atoms with van der Waals surface area (Å²) in [5.74, 6) is -1.68. The maximum Gasteiger partial charge on any atom is 0.326 e. The topological polar surface area (TPSA) is 120 Å². The molecule has 0 aliphatic rings. The molecule has 0 saturated carbocycles. The molecule has 3 amide bonds. The van der Waals surface area contributed by atoms with Gasteiger partial charge in [0, 0.05) is 17.4 Å². The number of carboxylic acids is 1. The third kappa shape index (κ3) is 6.71. The van der Waals surface area contributed by atoms with Crippen LogP contribution in [0, 0.1) is 5.41 Å². The number of benzene rings is 2. The van der Waals surface area contributed by atoms with Crippen LogP contribution in [0.1, 0.15) is 31.3 Å². The smallest absolute Gasteiger partial charge is 0.326 e. The molecule has 3 rings (SSSR count). The Kier molecular flexibility index (Phi) is 7.99. The van der Waals surface area contributed by atoms with Crippen LogP contribution in [-0.4, -0.2) is 34.0 Å². The van der Waals surface area contributed by atoms with E-state index in [0.717, 1.165) is 11.1 Å². The van der Waals surface area contributed by atoms with Gasteiger partial charge in [0.05, 0.1) is 15.7 Å². The molecule has 0 radical (unpaired) electrons. The van der Waals surface area contributed by atoms with Crippen LogP contribution in [-0.2, 0) is 4.79 Å². The van der Waals surface area contributed by atoms with E-state index in [0.29, 0.717) is 16.4 Å². The van der Waals surface area contributed by atoms with Crippen molar-refractivity contribution in [2.75, 3.05) is 10.6 Å². The van der Waals surface area contributed by atoms with Crippen molar-refractivity contribution in [3.63, 3.8) is 0 Å². The number of halogens is 2. The highest BCUT2D eigenvalue weighted by Crippen LogP contribution is 2.29. The number of carbonyl (C=O) groups excluding carboxylic acids is 2. The second-order valence-corrected chi connectivity index (χ2v) is 9.59. The summed E-state index contributed by atoms with van der Waals surface area (Å²) < 4.78 is 0. The Morgan fingerprint density at radius 3 is 2.14 bits per heavy atom. The molecule has 0 saturated heterocycles. The lowest BCUT2D eigenvalue weighted by Gasteiger charge is -2.27. The minimum absolute atomic E-state index is 0.110. The molecule has 3 aromatic rings. The highest BCUT2D eigenvalue weighted by atomic mass is 35.5. The van der Waals surface area contributed by atoms with E-state index in [2.05, 4.69) is 20.9 Å². The molecule has 1 atom stereocenters. The van der Waals surface area contributed by atoms with Gasteiger partial charge in [0.25, 0.3) is 5.91 Å². The number of rotatable bonds is 6. The zero-order valence-corrected chi connectivity index (χ0v) is 20.7. The number of hydrogen-bond acceptors (Lipinski definition) is 4. The molecule has 0 aliphatic heterocycles. The summed E-state index contributed by atoms with van der Waals surface area (Å²) >= 11 is 12.0. The maximum absolute atomic E-state index is 12.5. The normalized spacial score (nSPS) is 11.9. The monoisotopic (exact) mass is 514 g/mol. The van der Waals surface area contributed by atoms with Gasteiger partial charge < -0.3 is 21.1 Å². The lowest BCUT2D eigenvalue weighted by molar-refractivity contribution is -0.142. The number of anilines is 2. The fraction of sp³-hybridized carbons (Fsp3) is 0.200. The third-order valence-corrected chi connectivity index (χ3v) is 5.88. The van der Waals surface area contributed by atoms with E-state index in [1.165, 1.54) is 12.3 Å². The zero-order valence-electron chi connectivity index (χ0n) is 19.2. The summed E-state index contributed by atoms with van der Waals surface area (Å²) in [6.45, 7) is 5.20. The third-order valence-electron chi connectivity index (χ3n) is 5.06. The van der Waals surface area contributed by atoms with Gasteiger partial charge in [0.1, 0.15) is 11.7 Å². The lowest BCUT2D eigenvalue weighted by Crippen LogP contribution is -2.49. The van der Waals surface area contributed by atoms with Gasteiger partial charge in [-0.25, -0.2) is 9.59 Å². The molecule has 0 unspecified atom stereocenters. The number of carbonyl (C=O) groups is 3. The number of aromatic nitrogens is 1. The van der Waals surface area contributed by atoms with Crippen LogP contribution in [0.25, 0.3) is 11.1 Å². The fourth-order valence-electron chi connectivity index (χ4n) is 3.18. The first-order valence-electron chi connectivity index (χ1n) is 10.6. The first kappa shape index (κ1) is 26.0. The molecule has 2 aromatic carbocycles. The van der Waals surface area contributed by atoms with Gasteiger partial charge in [-0.05, 0) is 41.3 Å². The maximum atomic E-state index is 12.5. The molecule has 0 fully saturated rings. The molecule has 182 valence electrons. The number of carboxylic acid groups (broad SMARTS) is 1. The molecule has 0 spiro atoms. The van der Waals surface area contributed by atoms with Gasteiger partial charge in [0.2, 0.25) is 0 Å². The van der Waals surface area contributed by atoms with E-state index in [1.54, 1.807) is 69.3 Å². The first-order chi connectivity index (χ1) is 16.5. The van der Waals surface area contributed by atoms with Crippen molar-refractivity contribution in [1.29, 1.82) is 0 Å². The predicted octanol–water partition coefficient (Wildman–Crippen LogP) is 5.93. The SMILES string of the molecule is CC(C)(C)[C@H](NC(=O)c1ccc(-c2ccc(NC(=O)Nc3cccc(Cl)c3Cl)cc2)cn1)C(=O)O. The number of aliphatic carboxylic acids is 1. The molecule has 1 heterocycles. The Morgan fingerprint density at radius 2 is 1.57 bits per heavy atom. The molecule has 10 heteroatoms. The number of urea groups is 1. The Bertz CT molecular complexity index is 1240. The van der Waals surface area contributed by atoms with Crippen molar-refractivity contribution in [1.82, 2.24) is 10.3 Å². The van der Waals surface area contributed by atoms with Crippen molar-refractivity contribution in [2.24, 2.45) is 5.41 Å². The van der Waals surface area contributed by atoms with Gasteiger partial charge in [0.15, 0.2) is 0 Å². The van der Waals surface area contributed by atoms with Crippen LogP contribution in [0.5, 0.6) is 0 Å². The Morgan fingerprint density at radius 1 is 0.914 bits per heavy atom. The summed E-state index contributed by atoms with van der Waals surface area (Å²) in [7, 11) is 0. The van der Waals surface area contributed by atoms with E-state index in [-0.39, 0.29) is 10.7 Å². The van der Waals surface area contributed by atoms with E-state index in [4.69, 9.17) is 23.2 Å². The fourth-order valence-corrected chi connectivity index (χ4v) is 3.53. The molecule has 0 aliphatic carbocycles. The van der Waals surface area contributed by atoms with Gasteiger partial charge in [-0.3, -0.25) is 9.78 Å². The van der Waals surface area contributed by atoms with E-state index < -0.39 is 29.4 Å². The van der Waals surface area contributed by atoms with Crippen molar-refractivity contribution in [3.8, 4) is 11.1 Å². The average Bonchev–Trinajstić information content (AvgIpc) is 2.80. The second kappa shape index (κ2) is 10.8. The minimum Gasteiger partial charge on any atom is -0.480 e. The predicted molar refractivity (Wildman–Crippen MR) is 137 cm³/mol. The summed E-state index contributed by atoms with van der Waals surface area (Å²) in [4.78, 5) is 40.4. The largest absolute Gasteiger partial charge is 0.480 e. The average molecular weight is 515 g/mol. The van der Waals surface area contributed by atoms with Crippen LogP contribution in [0.3, 0.4) is 0 Å². The van der Waals surface area contributed by atoms with Crippen LogP contribution >= 0.6 is 23.2 Å². The van der Waals surface area contributed by atoms with Crippen LogP contribution in [0.4, 0.5) is 16.2 Å². The number of hydrogen-bond donors (Lipinski definition) is 4. The minimum atomic E-state index is -1.11. The standard InChI is InChI=1S/C25H24Cl2N4O4/c1-25(2,3)21(23(33)34)31-22(32)19-12-9-15(13-28-19)14-7-10-16(11-8-14)29-24(35)30-18-6-4-5-17(26)20(18)27/h4-13,21H,1-3H3,(H,31,32)(H,33,34)(H2,29,30,35)/t21-/m1/s1. The number of nitrogens with one attached hydrogen (secondary N) is 3. The van der Waals surface area contributed by atoms with E-state index in [9.17, 15) is 19.5 Å². The quantitative estimate of drug-likeness (QED) is 0.324. The first-order valence-corrected chi connectivity index (χ1v) is 11.3. The summed E-state index contributed by atoms with van der Waals surface area (Å²) in [5, 5.41) is 17.9. The van der Waals surface area contributed by atoms with Crippen molar-refractivity contribution < 1.29 is 19.5 Å². The lowest BCUT2D eigenvalue weighted by atomic mass is 9.86. The van der Waals surface area contributed by atoms with Crippen molar-refractivity contribution in [3.05, 3.63) is 76.5 Å². The van der Waals surface area contributed by atoms with E-state index in [1.807, 2.05) is 0 Å². The van der Waals surface area contributed by atoms with Crippen LogP contribution in [0.2, 0.25) is 10.0 Å².